The van der Waals surface area contributed by atoms with Gasteiger partial charge >= 0.3 is 0 Å². The van der Waals surface area contributed by atoms with Crippen LogP contribution in [0.3, 0.4) is 0 Å². The third-order valence-corrected chi connectivity index (χ3v) is 4.25. The summed E-state index contributed by atoms with van der Waals surface area (Å²) in [4.78, 5) is 6.92. The van der Waals surface area contributed by atoms with Crippen molar-refractivity contribution in [2.24, 2.45) is 16.8 Å². The number of aliphatic imine (C=N–C) groups is 1. The zero-order valence-electron chi connectivity index (χ0n) is 16.1. The molecule has 0 saturated carbocycles. The summed E-state index contributed by atoms with van der Waals surface area (Å²) in [6.07, 6.45) is 4.74. The fraction of sp³-hybridized carbons (Fsp3) is 0.944. The Hall–Kier alpha value is -0.0800. The zero-order valence-corrected chi connectivity index (χ0v) is 18.4. The first kappa shape index (κ1) is 23.9. The summed E-state index contributed by atoms with van der Waals surface area (Å²) in [5.41, 5.74) is 0. The summed E-state index contributed by atoms with van der Waals surface area (Å²) in [5, 5.41) is 3.37. The van der Waals surface area contributed by atoms with E-state index in [4.69, 9.17) is 9.47 Å². The van der Waals surface area contributed by atoms with E-state index in [2.05, 4.69) is 43.0 Å². The second-order valence-electron chi connectivity index (χ2n) is 6.80. The van der Waals surface area contributed by atoms with Gasteiger partial charge in [0.05, 0.1) is 13.2 Å². The van der Waals surface area contributed by atoms with Crippen molar-refractivity contribution >= 4 is 29.9 Å². The smallest absolute Gasteiger partial charge is 0.193 e. The summed E-state index contributed by atoms with van der Waals surface area (Å²) < 4.78 is 11.1. The van der Waals surface area contributed by atoms with Crippen LogP contribution in [0.25, 0.3) is 0 Å². The van der Waals surface area contributed by atoms with Crippen molar-refractivity contribution in [2.75, 3.05) is 53.1 Å². The van der Waals surface area contributed by atoms with E-state index in [1.54, 1.807) is 0 Å². The fourth-order valence-corrected chi connectivity index (χ4v) is 2.62. The molecule has 0 amide bonds. The maximum atomic E-state index is 5.64. The molecule has 24 heavy (non-hydrogen) atoms. The van der Waals surface area contributed by atoms with Gasteiger partial charge < -0.3 is 19.7 Å². The Kier molecular flexibility index (Phi) is 15.1. The van der Waals surface area contributed by atoms with E-state index in [1.807, 2.05) is 0 Å². The Morgan fingerprint density at radius 3 is 2.62 bits per heavy atom. The molecule has 0 aromatic carbocycles. The molecular formula is C18H38IN3O2. The molecular weight excluding hydrogens is 417 g/mol. The highest BCUT2D eigenvalue weighted by molar-refractivity contribution is 14.0. The molecule has 0 atom stereocenters. The summed E-state index contributed by atoms with van der Waals surface area (Å²) in [6, 6.07) is 0. The minimum Gasteiger partial charge on any atom is -0.381 e. The number of rotatable bonds is 10. The van der Waals surface area contributed by atoms with Gasteiger partial charge in [-0.3, -0.25) is 4.99 Å². The molecule has 0 bridgehead atoms. The highest BCUT2D eigenvalue weighted by atomic mass is 127. The lowest BCUT2D eigenvalue weighted by Crippen LogP contribution is -2.40. The Morgan fingerprint density at radius 1 is 1.29 bits per heavy atom. The number of nitrogens with zero attached hydrogens (tertiary/aromatic N) is 2. The molecule has 0 aromatic heterocycles. The van der Waals surface area contributed by atoms with Crippen LogP contribution in [0.4, 0.5) is 0 Å². The first-order chi connectivity index (χ1) is 11.1. The number of hydrogen-bond acceptors (Lipinski definition) is 3. The van der Waals surface area contributed by atoms with Gasteiger partial charge in [0.15, 0.2) is 5.96 Å². The van der Waals surface area contributed by atoms with Crippen LogP contribution in [0, 0.1) is 11.8 Å². The molecule has 0 radical (unpaired) electrons. The summed E-state index contributed by atoms with van der Waals surface area (Å²) in [6.45, 7) is 12.6. The number of guanidine groups is 1. The summed E-state index contributed by atoms with van der Waals surface area (Å²) in [5.74, 6) is 2.49. The Bertz CT molecular complexity index is 321. The molecule has 0 aromatic rings. The lowest BCUT2D eigenvalue weighted by atomic mass is 9.96. The SMILES string of the molecule is CCNC(=NCCOCCC(C)C)N(C)CCC1CCOCC1.I. The van der Waals surface area contributed by atoms with Gasteiger partial charge in [0.1, 0.15) is 0 Å². The van der Waals surface area contributed by atoms with Gasteiger partial charge in [0, 0.05) is 40.0 Å². The topological polar surface area (TPSA) is 46.1 Å². The summed E-state index contributed by atoms with van der Waals surface area (Å²) >= 11 is 0. The van der Waals surface area contributed by atoms with Crippen LogP contribution in [0.15, 0.2) is 4.99 Å². The second-order valence-corrected chi connectivity index (χ2v) is 6.80. The molecule has 6 heteroatoms. The van der Waals surface area contributed by atoms with Crippen LogP contribution < -0.4 is 5.32 Å². The third-order valence-electron chi connectivity index (χ3n) is 4.25. The van der Waals surface area contributed by atoms with Crippen molar-refractivity contribution in [3.8, 4) is 0 Å². The quantitative estimate of drug-likeness (QED) is 0.238. The van der Waals surface area contributed by atoms with Crippen molar-refractivity contribution in [3.05, 3.63) is 0 Å². The molecule has 1 fully saturated rings. The monoisotopic (exact) mass is 455 g/mol. The standard InChI is InChI=1S/C18H37N3O2.HI/c1-5-19-18(20-10-15-23-12-7-16(2)3)21(4)11-6-17-8-13-22-14-9-17;/h16-17H,5-15H2,1-4H3,(H,19,20);1H. The largest absolute Gasteiger partial charge is 0.381 e. The van der Waals surface area contributed by atoms with Crippen LogP contribution in [0.2, 0.25) is 0 Å². The van der Waals surface area contributed by atoms with Crippen LogP contribution in [-0.2, 0) is 9.47 Å². The first-order valence-electron chi connectivity index (χ1n) is 9.28. The van der Waals surface area contributed by atoms with Gasteiger partial charge in [-0.15, -0.1) is 24.0 Å². The van der Waals surface area contributed by atoms with Crippen molar-refractivity contribution in [2.45, 2.75) is 46.5 Å². The number of ether oxygens (including phenoxy) is 2. The third kappa shape index (κ3) is 11.5. The number of halogens is 1. The van der Waals surface area contributed by atoms with Gasteiger partial charge in [-0.25, -0.2) is 0 Å². The predicted octanol–water partition coefficient (Wildman–Crippen LogP) is 3.38. The first-order valence-corrected chi connectivity index (χ1v) is 9.28. The van der Waals surface area contributed by atoms with Crippen LogP contribution in [0.1, 0.15) is 46.5 Å². The molecule has 0 unspecified atom stereocenters. The molecule has 5 nitrogen and oxygen atoms in total. The van der Waals surface area contributed by atoms with E-state index in [1.165, 1.54) is 19.3 Å². The molecule has 1 aliphatic heterocycles. The van der Waals surface area contributed by atoms with Gasteiger partial charge in [-0.2, -0.15) is 0 Å². The van der Waals surface area contributed by atoms with Gasteiger partial charge in [-0.1, -0.05) is 13.8 Å². The van der Waals surface area contributed by atoms with E-state index in [0.29, 0.717) is 12.5 Å². The van der Waals surface area contributed by atoms with Gasteiger partial charge in [0.2, 0.25) is 0 Å². The molecule has 1 heterocycles. The van der Waals surface area contributed by atoms with Gasteiger partial charge in [0.25, 0.3) is 0 Å². The Morgan fingerprint density at radius 2 is 2.00 bits per heavy atom. The number of nitrogens with one attached hydrogen (secondary N) is 1. The Balaban J connectivity index is 0.00000529. The molecule has 0 aliphatic carbocycles. The van der Waals surface area contributed by atoms with E-state index in [0.717, 1.165) is 57.8 Å². The normalized spacial score (nSPS) is 16.1. The second kappa shape index (κ2) is 15.2. The van der Waals surface area contributed by atoms with Crippen molar-refractivity contribution in [1.82, 2.24) is 10.2 Å². The highest BCUT2D eigenvalue weighted by Crippen LogP contribution is 2.18. The molecule has 1 saturated heterocycles. The highest BCUT2D eigenvalue weighted by Gasteiger charge is 2.15. The van der Waals surface area contributed by atoms with Gasteiger partial charge in [-0.05, 0) is 44.4 Å². The molecule has 1 aliphatic rings. The maximum absolute atomic E-state index is 5.64. The molecule has 0 spiro atoms. The fourth-order valence-electron chi connectivity index (χ4n) is 2.62. The Labute approximate surface area is 166 Å². The van der Waals surface area contributed by atoms with E-state index < -0.39 is 0 Å². The van der Waals surface area contributed by atoms with Crippen LogP contribution in [-0.4, -0.2) is 64.0 Å². The van der Waals surface area contributed by atoms with E-state index >= 15 is 0 Å². The number of hydrogen-bond donors (Lipinski definition) is 1. The molecule has 1 N–H and O–H groups in total. The molecule has 1 rings (SSSR count). The van der Waals surface area contributed by atoms with Crippen LogP contribution in [0.5, 0.6) is 0 Å². The summed E-state index contributed by atoms with van der Waals surface area (Å²) in [7, 11) is 2.13. The minimum absolute atomic E-state index is 0. The van der Waals surface area contributed by atoms with E-state index in [-0.39, 0.29) is 24.0 Å². The lowest BCUT2D eigenvalue weighted by Gasteiger charge is -2.26. The van der Waals surface area contributed by atoms with Crippen molar-refractivity contribution in [1.29, 1.82) is 0 Å². The van der Waals surface area contributed by atoms with Crippen molar-refractivity contribution < 1.29 is 9.47 Å². The maximum Gasteiger partial charge on any atom is 0.193 e. The van der Waals surface area contributed by atoms with Crippen LogP contribution >= 0.6 is 24.0 Å². The zero-order chi connectivity index (χ0) is 16.9. The van der Waals surface area contributed by atoms with Crippen molar-refractivity contribution in [3.63, 3.8) is 0 Å². The molecule has 144 valence electrons. The lowest BCUT2D eigenvalue weighted by molar-refractivity contribution is 0.0625. The predicted molar refractivity (Wildman–Crippen MR) is 112 cm³/mol. The average Bonchev–Trinajstić information content (AvgIpc) is 2.55. The average molecular weight is 455 g/mol. The minimum atomic E-state index is 0. The van der Waals surface area contributed by atoms with E-state index in [9.17, 15) is 0 Å².